The molecule has 0 spiro atoms. The lowest BCUT2D eigenvalue weighted by Gasteiger charge is -2.22. The van der Waals surface area contributed by atoms with E-state index in [1.54, 1.807) is 0 Å². The Morgan fingerprint density at radius 2 is 2.12 bits per heavy atom. The molecule has 3 rings (SSSR count). The molecule has 1 aromatic rings. The van der Waals surface area contributed by atoms with Crippen molar-refractivity contribution in [3.8, 4) is 0 Å². The molecule has 0 unspecified atom stereocenters. The SMILES string of the molecule is O=C(C1CC1)N1CCCSc2ccccc21. The van der Waals surface area contributed by atoms with Gasteiger partial charge < -0.3 is 4.90 Å². The minimum atomic E-state index is 0.316. The monoisotopic (exact) mass is 233 g/mol. The second kappa shape index (κ2) is 4.13. The van der Waals surface area contributed by atoms with E-state index in [9.17, 15) is 4.79 Å². The number of carbonyl (C=O) groups is 1. The number of anilines is 1. The zero-order valence-electron chi connectivity index (χ0n) is 9.19. The predicted molar refractivity (Wildman–Crippen MR) is 66.9 cm³/mol. The lowest BCUT2D eigenvalue weighted by Crippen LogP contribution is -2.32. The fraction of sp³-hybridized carbons (Fsp3) is 0.462. The van der Waals surface area contributed by atoms with Crippen LogP contribution in [0.25, 0.3) is 0 Å². The number of rotatable bonds is 1. The Hall–Kier alpha value is -0.960. The molecule has 1 amide bonds. The Morgan fingerprint density at radius 1 is 1.31 bits per heavy atom. The predicted octanol–water partition coefficient (Wildman–Crippen LogP) is 2.93. The molecule has 2 nitrogen and oxygen atoms in total. The van der Waals surface area contributed by atoms with Gasteiger partial charge in [-0.25, -0.2) is 0 Å². The van der Waals surface area contributed by atoms with Gasteiger partial charge in [0.1, 0.15) is 0 Å². The summed E-state index contributed by atoms with van der Waals surface area (Å²) in [5.41, 5.74) is 1.13. The molecule has 1 fully saturated rings. The molecule has 0 atom stereocenters. The van der Waals surface area contributed by atoms with Crippen molar-refractivity contribution >= 4 is 23.4 Å². The summed E-state index contributed by atoms with van der Waals surface area (Å²) in [5, 5.41) is 0. The van der Waals surface area contributed by atoms with E-state index in [0.29, 0.717) is 11.8 Å². The van der Waals surface area contributed by atoms with Gasteiger partial charge in [0.25, 0.3) is 0 Å². The number of nitrogens with zero attached hydrogens (tertiary/aromatic N) is 1. The van der Waals surface area contributed by atoms with Crippen LogP contribution in [0.2, 0.25) is 0 Å². The molecule has 2 aliphatic rings. The van der Waals surface area contributed by atoms with Crippen LogP contribution in [0.15, 0.2) is 29.2 Å². The van der Waals surface area contributed by atoms with Gasteiger partial charge in [-0.2, -0.15) is 0 Å². The maximum absolute atomic E-state index is 12.2. The van der Waals surface area contributed by atoms with Crippen LogP contribution < -0.4 is 4.90 Å². The van der Waals surface area contributed by atoms with E-state index >= 15 is 0 Å². The Kier molecular flexibility index (Phi) is 2.64. The summed E-state index contributed by atoms with van der Waals surface area (Å²) >= 11 is 1.87. The number of thioether (sulfide) groups is 1. The Labute approximate surface area is 100 Å². The first-order valence-corrected chi connectivity index (χ1v) is 6.88. The number of hydrogen-bond acceptors (Lipinski definition) is 2. The largest absolute Gasteiger partial charge is 0.311 e. The highest BCUT2D eigenvalue weighted by Gasteiger charge is 2.34. The minimum absolute atomic E-state index is 0.316. The maximum Gasteiger partial charge on any atom is 0.230 e. The van der Waals surface area contributed by atoms with Gasteiger partial charge in [-0.05, 0) is 37.1 Å². The van der Waals surface area contributed by atoms with E-state index in [1.807, 2.05) is 22.7 Å². The molecule has 1 saturated carbocycles. The highest BCUT2D eigenvalue weighted by Crippen LogP contribution is 2.38. The van der Waals surface area contributed by atoms with Gasteiger partial charge in [-0.3, -0.25) is 4.79 Å². The summed E-state index contributed by atoms with van der Waals surface area (Å²) < 4.78 is 0. The molecule has 0 bridgehead atoms. The topological polar surface area (TPSA) is 20.3 Å². The van der Waals surface area contributed by atoms with E-state index in [1.165, 1.54) is 4.90 Å². The number of amides is 1. The molecule has 1 heterocycles. The van der Waals surface area contributed by atoms with Crippen LogP contribution in [-0.4, -0.2) is 18.2 Å². The summed E-state index contributed by atoms with van der Waals surface area (Å²) in [4.78, 5) is 15.5. The minimum Gasteiger partial charge on any atom is -0.311 e. The standard InChI is InChI=1S/C13H15NOS/c15-13(10-6-7-10)14-8-3-9-16-12-5-2-1-4-11(12)14/h1-2,4-5,10H,3,6-9H2. The lowest BCUT2D eigenvalue weighted by atomic mass is 10.2. The van der Waals surface area contributed by atoms with Crippen LogP contribution in [0.3, 0.4) is 0 Å². The van der Waals surface area contributed by atoms with Gasteiger partial charge in [0, 0.05) is 17.4 Å². The highest BCUT2D eigenvalue weighted by molar-refractivity contribution is 7.99. The van der Waals surface area contributed by atoms with Crippen molar-refractivity contribution in [2.24, 2.45) is 5.92 Å². The molecule has 1 aromatic carbocycles. The molecule has 0 saturated heterocycles. The number of fused-ring (bicyclic) bond motifs is 1. The van der Waals surface area contributed by atoms with E-state index < -0.39 is 0 Å². The van der Waals surface area contributed by atoms with E-state index in [-0.39, 0.29) is 0 Å². The van der Waals surface area contributed by atoms with Gasteiger partial charge in [-0.15, -0.1) is 11.8 Å². The average molecular weight is 233 g/mol. The fourth-order valence-corrected chi connectivity index (χ4v) is 3.10. The van der Waals surface area contributed by atoms with Crippen LogP contribution >= 0.6 is 11.8 Å². The molecular weight excluding hydrogens is 218 g/mol. The summed E-state index contributed by atoms with van der Waals surface area (Å²) in [6.45, 7) is 0.888. The summed E-state index contributed by atoms with van der Waals surface area (Å²) in [5.74, 6) is 1.77. The number of para-hydroxylation sites is 1. The second-order valence-corrected chi connectivity index (χ2v) is 5.57. The van der Waals surface area contributed by atoms with Gasteiger partial charge in [0.05, 0.1) is 5.69 Å². The summed E-state index contributed by atoms with van der Waals surface area (Å²) in [6, 6.07) is 8.28. The third kappa shape index (κ3) is 1.84. The van der Waals surface area contributed by atoms with Crippen molar-refractivity contribution in [3.63, 3.8) is 0 Å². The van der Waals surface area contributed by atoms with Crippen molar-refractivity contribution in [2.75, 3.05) is 17.2 Å². The molecule has 16 heavy (non-hydrogen) atoms. The van der Waals surface area contributed by atoms with Crippen molar-refractivity contribution in [3.05, 3.63) is 24.3 Å². The first kappa shape index (κ1) is 10.2. The quantitative estimate of drug-likeness (QED) is 0.743. The number of benzene rings is 1. The Bertz CT molecular complexity index is 414. The second-order valence-electron chi connectivity index (χ2n) is 4.43. The van der Waals surface area contributed by atoms with Crippen LogP contribution in [0, 0.1) is 5.92 Å². The molecular formula is C13H15NOS. The third-order valence-corrected chi connectivity index (χ3v) is 4.28. The summed E-state index contributed by atoms with van der Waals surface area (Å²) in [6.07, 6.45) is 3.27. The molecule has 1 aliphatic carbocycles. The smallest absolute Gasteiger partial charge is 0.230 e. The molecule has 0 aromatic heterocycles. The average Bonchev–Trinajstić information content (AvgIpc) is 3.15. The van der Waals surface area contributed by atoms with Crippen LogP contribution in [0.1, 0.15) is 19.3 Å². The van der Waals surface area contributed by atoms with Gasteiger partial charge in [0.15, 0.2) is 0 Å². The zero-order chi connectivity index (χ0) is 11.0. The van der Waals surface area contributed by atoms with Crippen molar-refractivity contribution < 1.29 is 4.79 Å². The maximum atomic E-state index is 12.2. The van der Waals surface area contributed by atoms with Crippen molar-refractivity contribution in [1.82, 2.24) is 0 Å². The zero-order valence-corrected chi connectivity index (χ0v) is 10.0. The molecule has 0 N–H and O–H groups in total. The van der Waals surface area contributed by atoms with Crippen LogP contribution in [0.4, 0.5) is 5.69 Å². The first-order chi connectivity index (χ1) is 7.86. The molecule has 3 heteroatoms. The van der Waals surface area contributed by atoms with Crippen LogP contribution in [-0.2, 0) is 4.79 Å². The summed E-state index contributed by atoms with van der Waals surface area (Å²) in [7, 11) is 0. The molecule has 84 valence electrons. The lowest BCUT2D eigenvalue weighted by molar-refractivity contribution is -0.119. The third-order valence-electron chi connectivity index (χ3n) is 3.13. The van der Waals surface area contributed by atoms with Gasteiger partial charge in [0.2, 0.25) is 5.91 Å². The fourth-order valence-electron chi connectivity index (χ4n) is 2.11. The Morgan fingerprint density at radius 3 is 2.94 bits per heavy atom. The number of hydrogen-bond donors (Lipinski definition) is 0. The van der Waals surface area contributed by atoms with Crippen molar-refractivity contribution in [2.45, 2.75) is 24.2 Å². The normalized spacial score (nSPS) is 20.1. The van der Waals surface area contributed by atoms with Gasteiger partial charge in [-0.1, -0.05) is 12.1 Å². The number of carbonyl (C=O) groups excluding carboxylic acids is 1. The highest BCUT2D eigenvalue weighted by atomic mass is 32.2. The van der Waals surface area contributed by atoms with E-state index in [0.717, 1.165) is 37.2 Å². The van der Waals surface area contributed by atoms with Crippen LogP contribution in [0.5, 0.6) is 0 Å². The first-order valence-electron chi connectivity index (χ1n) is 5.89. The molecule has 0 radical (unpaired) electrons. The van der Waals surface area contributed by atoms with Gasteiger partial charge >= 0.3 is 0 Å². The van der Waals surface area contributed by atoms with E-state index in [4.69, 9.17) is 0 Å². The Balaban J connectivity index is 1.95. The molecule has 1 aliphatic heterocycles. The van der Waals surface area contributed by atoms with Crippen molar-refractivity contribution in [1.29, 1.82) is 0 Å². The van der Waals surface area contributed by atoms with E-state index in [2.05, 4.69) is 18.2 Å².